The number of para-hydroxylation sites is 1. The molecule has 2 N–H and O–H groups in total. The second-order valence-corrected chi connectivity index (χ2v) is 6.07. The van der Waals surface area contributed by atoms with Gasteiger partial charge in [0.05, 0.1) is 4.92 Å². The van der Waals surface area contributed by atoms with Crippen LogP contribution in [0.2, 0.25) is 0 Å². The van der Waals surface area contributed by atoms with Crippen molar-refractivity contribution in [3.8, 4) is 0 Å². The lowest BCUT2D eigenvalue weighted by Crippen LogP contribution is -2.38. The number of nitrogens with one attached hydrogen (secondary N) is 2. The maximum absolute atomic E-state index is 12.4. The number of rotatable bonds is 5. The molecule has 7 heteroatoms. The molecule has 0 saturated heterocycles. The van der Waals surface area contributed by atoms with Crippen molar-refractivity contribution in [2.24, 2.45) is 0 Å². The second-order valence-electron chi connectivity index (χ2n) is 4.99. The first-order valence-corrected chi connectivity index (χ1v) is 8.16. The molecule has 0 aromatic heterocycles. The average Bonchev–Trinajstić information content (AvgIpc) is 2.93. The van der Waals surface area contributed by atoms with Gasteiger partial charge in [0, 0.05) is 18.3 Å². The van der Waals surface area contributed by atoms with Crippen molar-refractivity contribution in [3.05, 3.63) is 33.9 Å². The molecular formula is C14H19N3O3S. The first kappa shape index (κ1) is 15.6. The van der Waals surface area contributed by atoms with Crippen molar-refractivity contribution >= 4 is 29.0 Å². The number of nitrogens with zero attached hydrogens (tertiary/aromatic N) is 1. The Morgan fingerprint density at radius 1 is 1.43 bits per heavy atom. The molecule has 0 aliphatic heterocycles. The lowest BCUT2D eigenvalue weighted by atomic mass is 10.1. The molecule has 0 spiro atoms. The Morgan fingerprint density at radius 2 is 2.19 bits per heavy atom. The number of carbonyl (C=O) groups is 1. The van der Waals surface area contributed by atoms with Crippen molar-refractivity contribution in [3.63, 3.8) is 0 Å². The van der Waals surface area contributed by atoms with Gasteiger partial charge in [-0.15, -0.1) is 0 Å². The van der Waals surface area contributed by atoms with E-state index in [1.54, 1.807) is 30.9 Å². The third kappa shape index (κ3) is 3.29. The van der Waals surface area contributed by atoms with E-state index in [0.717, 1.165) is 19.3 Å². The van der Waals surface area contributed by atoms with E-state index in [2.05, 4.69) is 10.6 Å². The number of hydrogen-bond donors (Lipinski definition) is 2. The van der Waals surface area contributed by atoms with E-state index < -0.39 is 4.92 Å². The summed E-state index contributed by atoms with van der Waals surface area (Å²) >= 11 is 1.73. The minimum Gasteiger partial charge on any atom is -0.383 e. The zero-order valence-corrected chi connectivity index (χ0v) is 12.9. The first-order valence-electron chi connectivity index (χ1n) is 6.87. The lowest BCUT2D eigenvalue weighted by molar-refractivity contribution is -0.384. The molecule has 0 radical (unpaired) electrons. The van der Waals surface area contributed by atoms with E-state index in [1.807, 2.05) is 6.26 Å². The van der Waals surface area contributed by atoms with Gasteiger partial charge in [-0.25, -0.2) is 0 Å². The first-order chi connectivity index (χ1) is 10.1. The molecule has 1 aliphatic rings. The van der Waals surface area contributed by atoms with Gasteiger partial charge in [-0.1, -0.05) is 12.5 Å². The number of nitro groups is 1. The smallest absolute Gasteiger partial charge is 0.305 e. The highest BCUT2D eigenvalue weighted by Gasteiger charge is 2.30. The zero-order valence-electron chi connectivity index (χ0n) is 12.1. The summed E-state index contributed by atoms with van der Waals surface area (Å²) < 4.78 is 0. The van der Waals surface area contributed by atoms with Crippen LogP contribution < -0.4 is 10.6 Å². The van der Waals surface area contributed by atoms with Gasteiger partial charge in [-0.3, -0.25) is 14.9 Å². The summed E-state index contributed by atoms with van der Waals surface area (Å²) in [6.45, 7) is 0. The summed E-state index contributed by atoms with van der Waals surface area (Å²) in [6.07, 6.45) is 5.11. The van der Waals surface area contributed by atoms with Crippen LogP contribution in [0.3, 0.4) is 0 Å². The fraction of sp³-hybridized carbons (Fsp3) is 0.500. The Labute approximate surface area is 127 Å². The highest BCUT2D eigenvalue weighted by Crippen LogP contribution is 2.31. The number of nitro benzene ring substituents is 1. The van der Waals surface area contributed by atoms with Gasteiger partial charge in [0.25, 0.3) is 5.91 Å². The minimum atomic E-state index is -0.512. The van der Waals surface area contributed by atoms with Crippen molar-refractivity contribution in [2.75, 3.05) is 18.6 Å². The predicted octanol–water partition coefficient (Wildman–Crippen LogP) is 2.65. The third-order valence-corrected chi connectivity index (χ3v) is 4.97. The number of amides is 1. The number of benzene rings is 1. The van der Waals surface area contributed by atoms with E-state index >= 15 is 0 Å². The van der Waals surface area contributed by atoms with Crippen molar-refractivity contribution < 1.29 is 9.72 Å². The van der Waals surface area contributed by atoms with Crippen molar-refractivity contribution in [1.29, 1.82) is 0 Å². The maximum atomic E-state index is 12.4. The number of carbonyl (C=O) groups excluding carboxylic acids is 1. The van der Waals surface area contributed by atoms with Crippen LogP contribution in [0.5, 0.6) is 0 Å². The van der Waals surface area contributed by atoms with E-state index in [0.29, 0.717) is 10.9 Å². The summed E-state index contributed by atoms with van der Waals surface area (Å²) in [5.41, 5.74) is 0.287. The van der Waals surface area contributed by atoms with Crippen LogP contribution in [0.1, 0.15) is 29.6 Å². The van der Waals surface area contributed by atoms with E-state index in [-0.39, 0.29) is 23.2 Å². The number of thioether (sulfide) groups is 1. The lowest BCUT2D eigenvalue weighted by Gasteiger charge is -2.19. The summed E-state index contributed by atoms with van der Waals surface area (Å²) in [5.74, 6) is -0.371. The van der Waals surface area contributed by atoms with Crippen LogP contribution in [0, 0.1) is 10.1 Å². The Morgan fingerprint density at radius 3 is 2.81 bits per heavy atom. The van der Waals surface area contributed by atoms with Gasteiger partial charge in [-0.2, -0.15) is 11.8 Å². The van der Waals surface area contributed by atoms with E-state index in [4.69, 9.17) is 0 Å². The molecule has 0 bridgehead atoms. The largest absolute Gasteiger partial charge is 0.383 e. The highest BCUT2D eigenvalue weighted by atomic mass is 32.2. The van der Waals surface area contributed by atoms with E-state index in [1.165, 1.54) is 6.07 Å². The Kier molecular flexibility index (Phi) is 5.06. The molecule has 2 rings (SSSR count). The van der Waals surface area contributed by atoms with Gasteiger partial charge in [0.1, 0.15) is 11.3 Å². The monoisotopic (exact) mass is 309 g/mol. The Hall–Kier alpha value is -1.76. The fourth-order valence-electron chi connectivity index (χ4n) is 2.74. The Balaban J connectivity index is 2.25. The molecule has 114 valence electrons. The van der Waals surface area contributed by atoms with Gasteiger partial charge < -0.3 is 10.6 Å². The second kappa shape index (κ2) is 6.80. The molecule has 1 fully saturated rings. The van der Waals surface area contributed by atoms with Crippen LogP contribution in [0.4, 0.5) is 11.4 Å². The van der Waals surface area contributed by atoms with Crippen LogP contribution >= 0.6 is 11.8 Å². The van der Waals surface area contributed by atoms with Gasteiger partial charge in [0.2, 0.25) is 0 Å². The topological polar surface area (TPSA) is 84.3 Å². The summed E-state index contributed by atoms with van der Waals surface area (Å²) in [4.78, 5) is 23.1. The molecule has 21 heavy (non-hydrogen) atoms. The molecule has 2 atom stereocenters. The fourth-order valence-corrected chi connectivity index (χ4v) is 3.68. The molecule has 1 saturated carbocycles. The maximum Gasteiger partial charge on any atom is 0.305 e. The van der Waals surface area contributed by atoms with Gasteiger partial charge >= 0.3 is 5.69 Å². The number of anilines is 1. The molecule has 1 aliphatic carbocycles. The van der Waals surface area contributed by atoms with Crippen molar-refractivity contribution in [1.82, 2.24) is 5.32 Å². The van der Waals surface area contributed by atoms with Gasteiger partial charge in [-0.05, 0) is 31.2 Å². The molecule has 0 heterocycles. The van der Waals surface area contributed by atoms with Crippen LogP contribution in [-0.2, 0) is 0 Å². The molecule has 2 unspecified atom stereocenters. The van der Waals surface area contributed by atoms with Crippen molar-refractivity contribution in [2.45, 2.75) is 30.6 Å². The van der Waals surface area contributed by atoms with Gasteiger partial charge in [0.15, 0.2) is 0 Å². The number of hydrogen-bond acceptors (Lipinski definition) is 5. The third-order valence-electron chi connectivity index (χ3n) is 3.80. The zero-order chi connectivity index (χ0) is 15.4. The molecule has 1 aromatic rings. The minimum absolute atomic E-state index is 0.0883. The van der Waals surface area contributed by atoms with Crippen LogP contribution in [0.25, 0.3) is 0 Å². The molecular weight excluding hydrogens is 290 g/mol. The summed E-state index contributed by atoms with van der Waals surface area (Å²) in [5, 5.41) is 17.3. The molecule has 1 aromatic carbocycles. The predicted molar refractivity (Wildman–Crippen MR) is 85.1 cm³/mol. The summed E-state index contributed by atoms with van der Waals surface area (Å²) in [7, 11) is 1.60. The van der Waals surface area contributed by atoms with E-state index in [9.17, 15) is 14.9 Å². The Bertz CT molecular complexity index is 550. The SMILES string of the molecule is CNc1cccc(C(=O)NC2CCCC2SC)c1[N+](=O)[O-]. The molecule has 6 nitrogen and oxygen atoms in total. The normalized spacial score (nSPS) is 21.0. The molecule has 1 amide bonds. The average molecular weight is 309 g/mol. The van der Waals surface area contributed by atoms with Crippen LogP contribution in [0.15, 0.2) is 18.2 Å². The van der Waals surface area contributed by atoms with Crippen LogP contribution in [-0.4, -0.2) is 35.4 Å². The summed E-state index contributed by atoms with van der Waals surface area (Å²) in [6, 6.07) is 4.83. The quantitative estimate of drug-likeness (QED) is 0.645. The highest BCUT2D eigenvalue weighted by molar-refractivity contribution is 7.99. The standard InChI is InChI=1S/C14H19N3O3S/c1-15-11-7-3-5-9(13(11)17(19)20)14(18)16-10-6-4-8-12(10)21-2/h3,5,7,10,12,15H,4,6,8H2,1-2H3,(H,16,18).